The lowest BCUT2D eigenvalue weighted by Crippen LogP contribution is -2.20. The van der Waals surface area contributed by atoms with Crippen LogP contribution in [0.2, 0.25) is 0 Å². The van der Waals surface area contributed by atoms with Gasteiger partial charge in [-0.25, -0.2) is 0 Å². The van der Waals surface area contributed by atoms with Crippen molar-refractivity contribution >= 4 is 0 Å². The first kappa shape index (κ1) is 7.63. The van der Waals surface area contributed by atoms with Crippen molar-refractivity contribution in [2.45, 2.75) is 19.6 Å². The van der Waals surface area contributed by atoms with E-state index >= 15 is 0 Å². The zero-order chi connectivity index (χ0) is 8.84. The molecule has 70 valence electrons. The standard InChI is InChI=1S/C11H14O2/c1-2-12-11-6-9-8-4-3-7(8)5-10(9)13-11/h3-5,7-9,11H,2,6H2,1H3/t7-,8-,9-,11-/m0/s1. The summed E-state index contributed by atoms with van der Waals surface area (Å²) in [7, 11) is 0. The topological polar surface area (TPSA) is 18.5 Å². The zero-order valence-electron chi connectivity index (χ0n) is 7.77. The third-order valence-electron chi connectivity index (χ3n) is 3.25. The molecule has 0 amide bonds. The summed E-state index contributed by atoms with van der Waals surface area (Å²) in [6, 6.07) is 0. The van der Waals surface area contributed by atoms with Crippen LogP contribution in [-0.2, 0) is 9.47 Å². The van der Waals surface area contributed by atoms with Crippen LogP contribution in [-0.4, -0.2) is 12.9 Å². The number of allylic oxidation sites excluding steroid dienone is 4. The summed E-state index contributed by atoms with van der Waals surface area (Å²) >= 11 is 0. The fourth-order valence-electron chi connectivity index (χ4n) is 2.53. The average molecular weight is 178 g/mol. The number of hydrogen-bond donors (Lipinski definition) is 0. The molecule has 0 saturated carbocycles. The molecular formula is C11H14O2. The Morgan fingerprint density at radius 2 is 2.46 bits per heavy atom. The molecule has 0 radical (unpaired) electrons. The van der Waals surface area contributed by atoms with E-state index in [-0.39, 0.29) is 6.29 Å². The van der Waals surface area contributed by atoms with Gasteiger partial charge >= 0.3 is 0 Å². The van der Waals surface area contributed by atoms with Crippen LogP contribution in [0.5, 0.6) is 0 Å². The molecule has 2 heteroatoms. The minimum atomic E-state index is 0.0243. The van der Waals surface area contributed by atoms with Crippen LogP contribution >= 0.6 is 0 Å². The highest BCUT2D eigenvalue weighted by molar-refractivity contribution is 5.30. The van der Waals surface area contributed by atoms with Crippen LogP contribution in [0.25, 0.3) is 0 Å². The van der Waals surface area contributed by atoms with Crippen molar-refractivity contribution in [3.63, 3.8) is 0 Å². The Morgan fingerprint density at radius 1 is 1.54 bits per heavy atom. The summed E-state index contributed by atoms with van der Waals surface area (Å²) in [6.07, 6.45) is 7.89. The smallest absolute Gasteiger partial charge is 0.200 e. The van der Waals surface area contributed by atoms with Crippen molar-refractivity contribution in [1.29, 1.82) is 0 Å². The predicted octanol–water partition coefficient (Wildman–Crippen LogP) is 2.09. The molecule has 3 aliphatic rings. The van der Waals surface area contributed by atoms with Crippen LogP contribution in [0, 0.1) is 17.8 Å². The van der Waals surface area contributed by atoms with Gasteiger partial charge in [-0.15, -0.1) is 0 Å². The van der Waals surface area contributed by atoms with Gasteiger partial charge in [-0.2, -0.15) is 0 Å². The first-order valence-electron chi connectivity index (χ1n) is 5.07. The van der Waals surface area contributed by atoms with E-state index in [1.807, 2.05) is 6.92 Å². The molecule has 2 aliphatic carbocycles. The highest BCUT2D eigenvalue weighted by Crippen LogP contribution is 2.50. The molecule has 0 N–H and O–H groups in total. The largest absolute Gasteiger partial charge is 0.469 e. The molecule has 3 rings (SSSR count). The summed E-state index contributed by atoms with van der Waals surface area (Å²) in [5.41, 5.74) is 0. The monoisotopic (exact) mass is 178 g/mol. The third kappa shape index (κ3) is 0.983. The number of rotatable bonds is 2. The number of hydrogen-bond acceptors (Lipinski definition) is 2. The average Bonchev–Trinajstić information content (AvgIpc) is 2.51. The maximum atomic E-state index is 5.71. The van der Waals surface area contributed by atoms with Gasteiger partial charge in [0, 0.05) is 24.9 Å². The predicted molar refractivity (Wildman–Crippen MR) is 48.8 cm³/mol. The molecule has 4 atom stereocenters. The minimum absolute atomic E-state index is 0.0243. The Morgan fingerprint density at radius 3 is 3.15 bits per heavy atom. The molecular weight excluding hydrogens is 164 g/mol. The zero-order valence-corrected chi connectivity index (χ0v) is 7.77. The second-order valence-electron chi connectivity index (χ2n) is 3.95. The van der Waals surface area contributed by atoms with Gasteiger partial charge in [0.05, 0.1) is 0 Å². The molecule has 0 spiro atoms. The van der Waals surface area contributed by atoms with Crippen LogP contribution in [0.4, 0.5) is 0 Å². The molecule has 0 unspecified atom stereocenters. The van der Waals surface area contributed by atoms with E-state index in [2.05, 4.69) is 18.2 Å². The molecule has 1 saturated heterocycles. The molecule has 2 nitrogen and oxygen atoms in total. The van der Waals surface area contributed by atoms with Gasteiger partial charge in [0.1, 0.15) is 5.76 Å². The molecule has 13 heavy (non-hydrogen) atoms. The maximum absolute atomic E-state index is 5.71. The quantitative estimate of drug-likeness (QED) is 0.603. The molecule has 1 fully saturated rings. The van der Waals surface area contributed by atoms with E-state index in [1.165, 1.54) is 5.76 Å². The Hall–Kier alpha value is -0.760. The van der Waals surface area contributed by atoms with Crippen molar-refractivity contribution in [1.82, 2.24) is 0 Å². The van der Waals surface area contributed by atoms with Crippen molar-refractivity contribution in [3.05, 3.63) is 24.0 Å². The van der Waals surface area contributed by atoms with Crippen LogP contribution in [0.1, 0.15) is 13.3 Å². The summed E-state index contributed by atoms with van der Waals surface area (Å²) in [6.45, 7) is 2.76. The lowest BCUT2D eigenvalue weighted by molar-refractivity contribution is -0.0895. The summed E-state index contributed by atoms with van der Waals surface area (Å²) in [5.74, 6) is 3.19. The SMILES string of the molecule is CCO[C@@H]1C[C@@H]2C(=C[C@@H]3C=C[C@@H]32)O1. The van der Waals surface area contributed by atoms with Crippen molar-refractivity contribution in [3.8, 4) is 0 Å². The highest BCUT2D eigenvalue weighted by Gasteiger charge is 2.45. The number of ether oxygens (including phenoxy) is 2. The third-order valence-corrected chi connectivity index (χ3v) is 3.25. The van der Waals surface area contributed by atoms with Crippen LogP contribution < -0.4 is 0 Å². The Bertz CT molecular complexity index is 280. The lowest BCUT2D eigenvalue weighted by Gasteiger charge is -2.25. The first-order valence-corrected chi connectivity index (χ1v) is 5.07. The van der Waals surface area contributed by atoms with Gasteiger partial charge in [0.2, 0.25) is 0 Å². The van der Waals surface area contributed by atoms with E-state index in [9.17, 15) is 0 Å². The van der Waals surface area contributed by atoms with Gasteiger partial charge in [0.15, 0.2) is 6.29 Å². The second kappa shape index (κ2) is 2.61. The van der Waals surface area contributed by atoms with E-state index in [4.69, 9.17) is 9.47 Å². The van der Waals surface area contributed by atoms with E-state index in [0.29, 0.717) is 11.8 Å². The molecule has 0 bridgehead atoms. The lowest BCUT2D eigenvalue weighted by atomic mass is 9.78. The van der Waals surface area contributed by atoms with Gasteiger partial charge < -0.3 is 9.47 Å². The Kier molecular flexibility index (Phi) is 1.53. The second-order valence-corrected chi connectivity index (χ2v) is 3.95. The molecule has 1 aliphatic heterocycles. The van der Waals surface area contributed by atoms with Crippen molar-refractivity contribution in [2.75, 3.05) is 6.61 Å². The van der Waals surface area contributed by atoms with Crippen molar-refractivity contribution in [2.24, 2.45) is 17.8 Å². The van der Waals surface area contributed by atoms with Crippen LogP contribution in [0.3, 0.4) is 0 Å². The minimum Gasteiger partial charge on any atom is -0.469 e. The van der Waals surface area contributed by atoms with Gasteiger partial charge in [-0.1, -0.05) is 12.2 Å². The molecule has 0 aromatic heterocycles. The number of fused-ring (bicyclic) bond motifs is 3. The van der Waals surface area contributed by atoms with Crippen LogP contribution in [0.15, 0.2) is 24.0 Å². The molecule has 0 aromatic rings. The molecule has 0 aromatic carbocycles. The van der Waals surface area contributed by atoms with Gasteiger partial charge in [-0.05, 0) is 18.9 Å². The Labute approximate surface area is 78.2 Å². The summed E-state index contributed by atoms with van der Waals surface area (Å²) in [4.78, 5) is 0. The summed E-state index contributed by atoms with van der Waals surface area (Å²) < 4.78 is 11.2. The highest BCUT2D eigenvalue weighted by atomic mass is 16.7. The first-order chi connectivity index (χ1) is 6.38. The van der Waals surface area contributed by atoms with E-state index in [1.54, 1.807) is 0 Å². The van der Waals surface area contributed by atoms with Gasteiger partial charge in [0.25, 0.3) is 0 Å². The van der Waals surface area contributed by atoms with Gasteiger partial charge in [-0.3, -0.25) is 0 Å². The summed E-state index contributed by atoms with van der Waals surface area (Å²) in [5, 5.41) is 0. The maximum Gasteiger partial charge on any atom is 0.200 e. The van der Waals surface area contributed by atoms with Crippen molar-refractivity contribution < 1.29 is 9.47 Å². The molecule has 1 heterocycles. The van der Waals surface area contributed by atoms with E-state index < -0.39 is 0 Å². The fraction of sp³-hybridized carbons (Fsp3) is 0.636. The normalized spacial score (nSPS) is 44.8. The Balaban J connectivity index is 1.73. The van der Waals surface area contributed by atoms with E-state index in [0.717, 1.165) is 18.9 Å². The fourth-order valence-corrected chi connectivity index (χ4v) is 2.53.